The van der Waals surface area contributed by atoms with Crippen molar-refractivity contribution in [1.82, 2.24) is 14.9 Å². The van der Waals surface area contributed by atoms with Crippen LogP contribution in [0, 0.1) is 13.8 Å². The van der Waals surface area contributed by atoms with E-state index in [4.69, 9.17) is 20.6 Å². The second-order valence-electron chi connectivity index (χ2n) is 9.97. The summed E-state index contributed by atoms with van der Waals surface area (Å²) in [4.78, 5) is 4.77. The van der Waals surface area contributed by atoms with Crippen LogP contribution in [0.5, 0.6) is 11.5 Å². The largest absolute Gasteiger partial charge is 0.508 e. The van der Waals surface area contributed by atoms with Crippen molar-refractivity contribution in [1.29, 1.82) is 0 Å². The van der Waals surface area contributed by atoms with E-state index >= 15 is 0 Å². The van der Waals surface area contributed by atoms with Gasteiger partial charge in [0.15, 0.2) is 0 Å². The Hall–Kier alpha value is -4.04. The minimum atomic E-state index is 0.221. The van der Waals surface area contributed by atoms with Crippen molar-refractivity contribution in [2.45, 2.75) is 46.1 Å². The molecule has 0 spiro atoms. The van der Waals surface area contributed by atoms with Crippen LogP contribution < -0.4 is 21.1 Å². The number of aliphatic imine (C=N–C) groups is 1. The minimum absolute atomic E-state index is 0.221. The summed E-state index contributed by atoms with van der Waals surface area (Å²) in [6, 6.07) is 11.8. The second kappa shape index (κ2) is 10.8. The molecule has 1 atom stereocenters. The molecule has 0 unspecified atom stereocenters. The van der Waals surface area contributed by atoms with Crippen LogP contribution in [0.1, 0.15) is 42.0 Å². The molecular formula is C30H36N6O2. The van der Waals surface area contributed by atoms with Crippen LogP contribution in [0.15, 0.2) is 53.8 Å². The topological polar surface area (TPSA) is 109 Å². The first kappa shape index (κ1) is 25.6. The molecule has 1 fully saturated rings. The van der Waals surface area contributed by atoms with Gasteiger partial charge in [0.25, 0.3) is 0 Å². The van der Waals surface area contributed by atoms with E-state index in [1.807, 2.05) is 11.4 Å². The molecule has 3 heterocycles. The number of aromatic hydroxyl groups is 1. The molecule has 0 bridgehead atoms. The summed E-state index contributed by atoms with van der Waals surface area (Å²) in [7, 11) is 1.69. The molecule has 8 nitrogen and oxygen atoms in total. The van der Waals surface area contributed by atoms with E-state index < -0.39 is 0 Å². The van der Waals surface area contributed by atoms with E-state index in [1.165, 1.54) is 12.0 Å². The Balaban J connectivity index is 1.62. The zero-order valence-corrected chi connectivity index (χ0v) is 22.5. The van der Waals surface area contributed by atoms with Gasteiger partial charge in [0, 0.05) is 24.3 Å². The number of hydrogen-bond donors (Lipinski definition) is 4. The standard InChI is InChI=1S/C30H36N6O2/c1-5-20-13-23(37)8-9-26(20)35-30(31)25-16-34-36-17-21(28-18(2)11-24(38-4)12-19(28)3)14-27(36)29(25)33-15-22-7-6-10-32-22/h8-9,11-14,16-17,22,32-33,37H,5-7,10,15H2,1-4H3,(H2,31,35)/t22-/m1/s1. The number of methoxy groups -OCH3 is 1. The van der Waals surface area contributed by atoms with Crippen molar-refractivity contribution in [2.75, 3.05) is 25.5 Å². The van der Waals surface area contributed by atoms with Gasteiger partial charge in [-0.2, -0.15) is 5.10 Å². The van der Waals surface area contributed by atoms with Crippen LogP contribution in [0.3, 0.4) is 0 Å². The molecule has 2 aromatic heterocycles. The molecule has 38 heavy (non-hydrogen) atoms. The van der Waals surface area contributed by atoms with Gasteiger partial charge in [0.05, 0.1) is 35.8 Å². The monoisotopic (exact) mass is 512 g/mol. The van der Waals surface area contributed by atoms with Gasteiger partial charge in [-0.15, -0.1) is 0 Å². The molecule has 1 aliphatic rings. The summed E-state index contributed by atoms with van der Waals surface area (Å²) in [5.41, 5.74) is 15.4. The van der Waals surface area contributed by atoms with Crippen LogP contribution in [0.4, 0.5) is 11.4 Å². The molecule has 5 rings (SSSR count). The number of hydrogen-bond acceptors (Lipinski definition) is 6. The van der Waals surface area contributed by atoms with Gasteiger partial charge in [-0.1, -0.05) is 6.92 Å². The van der Waals surface area contributed by atoms with Crippen LogP contribution in [0.25, 0.3) is 16.6 Å². The molecule has 0 aliphatic carbocycles. The van der Waals surface area contributed by atoms with Crippen molar-refractivity contribution in [2.24, 2.45) is 10.7 Å². The lowest BCUT2D eigenvalue weighted by Crippen LogP contribution is -2.30. The maximum atomic E-state index is 9.91. The summed E-state index contributed by atoms with van der Waals surface area (Å²) >= 11 is 0. The number of phenols is 1. The first-order valence-electron chi connectivity index (χ1n) is 13.2. The fourth-order valence-corrected chi connectivity index (χ4v) is 5.38. The average Bonchev–Trinajstić information content (AvgIpc) is 3.57. The Morgan fingerprint density at radius 2 is 2.03 bits per heavy atom. The van der Waals surface area contributed by atoms with E-state index in [9.17, 15) is 5.11 Å². The van der Waals surface area contributed by atoms with Crippen LogP contribution in [0.2, 0.25) is 0 Å². The Morgan fingerprint density at radius 1 is 1.24 bits per heavy atom. The number of rotatable bonds is 8. The zero-order chi connectivity index (χ0) is 26.8. The second-order valence-corrected chi connectivity index (χ2v) is 9.97. The Labute approximate surface area is 223 Å². The predicted octanol–water partition coefficient (Wildman–Crippen LogP) is 5.10. The summed E-state index contributed by atoms with van der Waals surface area (Å²) in [6.07, 6.45) is 6.89. The predicted molar refractivity (Wildman–Crippen MR) is 154 cm³/mol. The van der Waals surface area contributed by atoms with Gasteiger partial charge < -0.3 is 26.2 Å². The van der Waals surface area contributed by atoms with E-state index in [-0.39, 0.29) is 5.75 Å². The smallest absolute Gasteiger partial charge is 0.135 e. The fourth-order valence-electron chi connectivity index (χ4n) is 5.38. The van der Waals surface area contributed by atoms with Gasteiger partial charge >= 0.3 is 0 Å². The number of benzene rings is 2. The maximum Gasteiger partial charge on any atom is 0.135 e. The lowest BCUT2D eigenvalue weighted by Gasteiger charge is -2.17. The molecule has 0 saturated carbocycles. The number of aryl methyl sites for hydroxylation is 3. The van der Waals surface area contributed by atoms with Crippen molar-refractivity contribution in [3.63, 3.8) is 0 Å². The molecule has 8 heteroatoms. The molecule has 1 saturated heterocycles. The number of amidine groups is 1. The quantitative estimate of drug-likeness (QED) is 0.193. The number of phenolic OH excluding ortho intramolecular Hbond substituents is 1. The highest BCUT2D eigenvalue weighted by molar-refractivity contribution is 6.06. The fraction of sp³-hybridized carbons (Fsp3) is 0.333. The maximum absolute atomic E-state index is 9.91. The molecule has 2 aromatic carbocycles. The molecule has 198 valence electrons. The third kappa shape index (κ3) is 5.04. The van der Waals surface area contributed by atoms with Gasteiger partial charge in [0.1, 0.15) is 17.3 Å². The summed E-state index contributed by atoms with van der Waals surface area (Å²) in [6.45, 7) is 8.06. The third-order valence-electron chi connectivity index (χ3n) is 7.32. The van der Waals surface area contributed by atoms with E-state index in [2.05, 4.69) is 48.9 Å². The number of nitrogens with one attached hydrogen (secondary N) is 2. The van der Waals surface area contributed by atoms with Crippen LogP contribution >= 0.6 is 0 Å². The molecule has 4 aromatic rings. The highest BCUT2D eigenvalue weighted by Crippen LogP contribution is 2.35. The van der Waals surface area contributed by atoms with E-state index in [0.29, 0.717) is 11.9 Å². The van der Waals surface area contributed by atoms with Crippen molar-refractivity contribution in [3.8, 4) is 22.6 Å². The third-order valence-corrected chi connectivity index (χ3v) is 7.32. The number of nitrogens with two attached hydrogens (primary N) is 1. The van der Waals surface area contributed by atoms with Crippen molar-refractivity contribution in [3.05, 3.63) is 71.0 Å². The highest BCUT2D eigenvalue weighted by atomic mass is 16.5. The normalized spacial score (nSPS) is 15.8. The van der Waals surface area contributed by atoms with Gasteiger partial charge in [-0.3, -0.25) is 0 Å². The Morgan fingerprint density at radius 3 is 2.71 bits per heavy atom. The first-order valence-corrected chi connectivity index (χ1v) is 13.2. The van der Waals surface area contributed by atoms with Crippen molar-refractivity contribution < 1.29 is 9.84 Å². The number of nitrogens with zero attached hydrogens (tertiary/aromatic N) is 3. The zero-order valence-electron chi connectivity index (χ0n) is 22.5. The number of aromatic nitrogens is 2. The van der Waals surface area contributed by atoms with Gasteiger partial charge in [-0.05, 0) is 98.3 Å². The van der Waals surface area contributed by atoms with Crippen LogP contribution in [-0.4, -0.2) is 46.8 Å². The summed E-state index contributed by atoms with van der Waals surface area (Å²) < 4.78 is 7.37. The molecule has 5 N–H and O–H groups in total. The molecular weight excluding hydrogens is 476 g/mol. The van der Waals surface area contributed by atoms with E-state index in [1.54, 1.807) is 31.5 Å². The Kier molecular flexibility index (Phi) is 7.24. The molecule has 0 amide bonds. The lowest BCUT2D eigenvalue weighted by molar-refractivity contribution is 0.414. The average molecular weight is 513 g/mol. The number of fused-ring (bicyclic) bond motifs is 1. The van der Waals surface area contributed by atoms with Crippen molar-refractivity contribution >= 4 is 22.7 Å². The molecule has 1 aliphatic heterocycles. The van der Waals surface area contributed by atoms with E-state index in [0.717, 1.165) is 76.4 Å². The SMILES string of the molecule is CCc1cc(O)ccc1N=C(N)c1cnn2cc(-c3c(C)cc(OC)cc3C)cc2c1NC[C@H]1CCCN1. The van der Waals surface area contributed by atoms with Crippen LogP contribution in [-0.2, 0) is 6.42 Å². The van der Waals surface area contributed by atoms with Gasteiger partial charge in [-0.25, -0.2) is 9.51 Å². The highest BCUT2D eigenvalue weighted by Gasteiger charge is 2.19. The van der Waals surface area contributed by atoms with Gasteiger partial charge in [0.2, 0.25) is 0 Å². The number of anilines is 1. The minimum Gasteiger partial charge on any atom is -0.508 e. The Bertz CT molecular complexity index is 1480. The summed E-state index contributed by atoms with van der Waals surface area (Å²) in [5, 5.41) is 21.9. The first-order chi connectivity index (χ1) is 18.4. The summed E-state index contributed by atoms with van der Waals surface area (Å²) in [5.74, 6) is 1.45. The lowest BCUT2D eigenvalue weighted by atomic mass is 9.97. The number of ether oxygens (including phenoxy) is 1. The molecule has 0 radical (unpaired) electrons.